The summed E-state index contributed by atoms with van der Waals surface area (Å²) in [6.07, 6.45) is -3.07. The Labute approximate surface area is 414 Å². The number of aromatic nitrogens is 10. The average Bonchev–Trinajstić information content (AvgIpc) is 4.05. The molecule has 0 unspecified atom stereocenters. The number of ether oxygens (including phenoxy) is 4. The zero-order valence-corrected chi connectivity index (χ0v) is 42.2. The lowest BCUT2D eigenvalue weighted by molar-refractivity contribution is -0.157. The maximum Gasteiger partial charge on any atom is 0.416 e. The van der Waals surface area contributed by atoms with Gasteiger partial charge in [0.25, 0.3) is 0 Å². The number of carbonyl (C=O) groups is 4. The molecule has 0 amide bonds. The molecule has 0 fully saturated rings. The summed E-state index contributed by atoms with van der Waals surface area (Å²) in [7, 11) is 5.80. The summed E-state index contributed by atoms with van der Waals surface area (Å²) < 4.78 is 104. The zero-order chi connectivity index (χ0) is 53.4. The molecular formula is C47H47BrF6N10O8. The number of rotatable bonds is 7. The van der Waals surface area contributed by atoms with Gasteiger partial charge in [-0.3, -0.25) is 28.1 Å². The molecule has 0 atom stereocenters. The van der Waals surface area contributed by atoms with Gasteiger partial charge in [0.15, 0.2) is 24.8 Å². The molecular weight excluding hydrogens is 1030 g/mol. The van der Waals surface area contributed by atoms with Crippen molar-refractivity contribution < 1.29 is 64.5 Å². The fourth-order valence-electron chi connectivity index (χ4n) is 6.85. The highest BCUT2D eigenvalue weighted by molar-refractivity contribution is 9.10. The number of alkyl halides is 6. The van der Waals surface area contributed by atoms with E-state index in [9.17, 15) is 45.5 Å². The van der Waals surface area contributed by atoms with Crippen molar-refractivity contribution in [2.24, 2.45) is 24.9 Å². The maximum absolute atomic E-state index is 13.3. The first-order valence-electron chi connectivity index (χ1n) is 21.4. The van der Waals surface area contributed by atoms with E-state index in [2.05, 4.69) is 46.1 Å². The normalized spacial score (nSPS) is 12.1. The fourth-order valence-corrected chi connectivity index (χ4v) is 7.13. The van der Waals surface area contributed by atoms with Gasteiger partial charge in [-0.2, -0.15) is 36.5 Å². The molecule has 0 spiro atoms. The number of nitrogens with zero attached hydrogens (tertiary/aromatic N) is 10. The number of hydrogen-bond donors (Lipinski definition) is 0. The Balaban J connectivity index is 0.000000194. The molecule has 2 aromatic carbocycles. The highest BCUT2D eigenvalue weighted by Gasteiger charge is 2.33. The van der Waals surface area contributed by atoms with Crippen molar-refractivity contribution in [1.29, 1.82) is 0 Å². The molecule has 8 rings (SSSR count). The van der Waals surface area contributed by atoms with Gasteiger partial charge in [0, 0.05) is 37.3 Å². The topological polar surface area (TPSA) is 202 Å². The smallest absolute Gasteiger partial charge is 0.416 e. The molecule has 6 heterocycles. The molecule has 18 nitrogen and oxygen atoms in total. The molecule has 0 aliphatic carbocycles. The molecule has 0 aliphatic heterocycles. The third-order valence-corrected chi connectivity index (χ3v) is 11.0. The second kappa shape index (κ2) is 20.4. The van der Waals surface area contributed by atoms with E-state index < -0.39 is 52.2 Å². The predicted octanol–water partition coefficient (Wildman–Crippen LogP) is 9.76. The van der Waals surface area contributed by atoms with E-state index in [0.29, 0.717) is 37.9 Å². The van der Waals surface area contributed by atoms with Crippen LogP contribution in [0.4, 0.5) is 26.3 Å². The van der Waals surface area contributed by atoms with E-state index in [1.165, 1.54) is 60.4 Å². The third-order valence-electron chi connectivity index (χ3n) is 10.6. The quantitative estimate of drug-likeness (QED) is 0.0829. The molecule has 25 heteroatoms. The van der Waals surface area contributed by atoms with Crippen molar-refractivity contribution in [2.45, 2.75) is 74.3 Å². The maximum atomic E-state index is 13.3. The number of fused-ring (bicyclic) bond motifs is 4. The summed E-state index contributed by atoms with van der Waals surface area (Å²) in [5.41, 5.74) is 0.818. The number of methoxy groups -OCH3 is 2. The first kappa shape index (κ1) is 53.9. The van der Waals surface area contributed by atoms with Gasteiger partial charge in [0.2, 0.25) is 0 Å². The van der Waals surface area contributed by atoms with Gasteiger partial charge < -0.3 is 18.9 Å². The van der Waals surface area contributed by atoms with Gasteiger partial charge in [-0.05, 0) is 101 Å². The van der Waals surface area contributed by atoms with Crippen LogP contribution < -0.4 is 0 Å². The molecule has 0 bridgehead atoms. The Morgan fingerprint density at radius 2 is 1.06 bits per heavy atom. The van der Waals surface area contributed by atoms with E-state index in [1.54, 1.807) is 71.8 Å². The van der Waals surface area contributed by atoms with Crippen LogP contribution in [0, 0.1) is 17.8 Å². The summed E-state index contributed by atoms with van der Waals surface area (Å²) in [6.45, 7) is 11.8. The second-order valence-electron chi connectivity index (χ2n) is 18.1. The van der Waals surface area contributed by atoms with E-state index >= 15 is 0 Å². The number of carbonyl (C=O) groups excluding carboxylic acids is 4. The summed E-state index contributed by atoms with van der Waals surface area (Å²) in [5.74, 6) is -2.03. The molecule has 6 aromatic heterocycles. The van der Waals surface area contributed by atoms with Gasteiger partial charge in [0.05, 0.1) is 65.3 Å². The average molecular weight is 1070 g/mol. The van der Waals surface area contributed by atoms with Crippen LogP contribution >= 0.6 is 15.9 Å². The van der Waals surface area contributed by atoms with Gasteiger partial charge in [-0.1, -0.05) is 0 Å². The zero-order valence-electron chi connectivity index (χ0n) is 40.6. The van der Waals surface area contributed by atoms with Crippen LogP contribution in [0.2, 0.25) is 0 Å². The van der Waals surface area contributed by atoms with Crippen molar-refractivity contribution in [3.8, 4) is 11.4 Å². The molecule has 8 aromatic rings. The summed E-state index contributed by atoms with van der Waals surface area (Å²) >= 11 is 3.21. The Bertz CT molecular complexity index is 3380. The van der Waals surface area contributed by atoms with Crippen LogP contribution in [-0.2, 0) is 68.4 Å². The monoisotopic (exact) mass is 1070 g/mol. The van der Waals surface area contributed by atoms with E-state index in [0.717, 1.165) is 24.3 Å². The van der Waals surface area contributed by atoms with Crippen molar-refractivity contribution in [3.63, 3.8) is 0 Å². The van der Waals surface area contributed by atoms with Crippen LogP contribution in [0.3, 0.4) is 0 Å². The summed E-state index contributed by atoms with van der Waals surface area (Å²) in [4.78, 5) is 65.5. The lowest BCUT2D eigenvalue weighted by Crippen LogP contribution is -2.24. The van der Waals surface area contributed by atoms with Gasteiger partial charge in [0.1, 0.15) is 38.2 Å². The molecule has 0 saturated heterocycles. The Kier molecular flexibility index (Phi) is 15.2. The van der Waals surface area contributed by atoms with Crippen molar-refractivity contribution in [1.82, 2.24) is 48.6 Å². The van der Waals surface area contributed by atoms with Crippen LogP contribution in [0.1, 0.15) is 79.1 Å². The molecule has 0 N–H and O–H groups in total. The lowest BCUT2D eigenvalue weighted by Gasteiger charge is -2.16. The second-order valence-corrected chi connectivity index (χ2v) is 18.9. The highest BCUT2D eigenvalue weighted by atomic mass is 79.9. The highest BCUT2D eigenvalue weighted by Crippen LogP contribution is 2.36. The number of halogens is 7. The molecule has 0 saturated carbocycles. The lowest BCUT2D eigenvalue weighted by atomic mass is 9.97. The fraction of sp³-hybridized carbons (Fsp3) is 0.362. The van der Waals surface area contributed by atoms with Crippen LogP contribution in [0.5, 0.6) is 0 Å². The number of esters is 4. The van der Waals surface area contributed by atoms with Crippen LogP contribution in [0.15, 0.2) is 65.8 Å². The van der Waals surface area contributed by atoms with Gasteiger partial charge in [-0.15, -0.1) is 0 Å². The summed E-state index contributed by atoms with van der Waals surface area (Å²) in [5, 5.41) is 9.17. The van der Waals surface area contributed by atoms with Crippen LogP contribution in [0.25, 0.3) is 55.5 Å². The number of aryl methyl sites for hydroxylation is 3. The minimum absolute atomic E-state index is 0.0554. The first-order valence-corrected chi connectivity index (χ1v) is 22.2. The molecule has 0 aliphatic rings. The third kappa shape index (κ3) is 11.7. The predicted molar refractivity (Wildman–Crippen MR) is 252 cm³/mol. The standard InChI is InChI=1S/C23H22F3N5O4.C14H16BrN3O4.C10H9F3N2/c1-22(2,3)21(33)35-11-31-10-14(20(32)34-5)18-19(31)27-9-15(28-18)17-13-8-12(23(24,25)26)6-7-16(13)30(4)29-17;1-14(2,3)13(20)22-7-18-6-8(12(19)21-4)10-11(18)16-5-9(15)17-10;1-6-8-5-7(10(11,12)13)3-4-9(8)15(2)14-6/h6-10H,11H2,1-5H3;5-6H,7H2,1-4H3;3-5H,1-2H3. The Morgan fingerprint density at radius 3 is 1.51 bits per heavy atom. The largest absolute Gasteiger partial charge is 0.465 e. The van der Waals surface area contributed by atoms with Crippen molar-refractivity contribution in [2.75, 3.05) is 14.2 Å². The van der Waals surface area contributed by atoms with Gasteiger partial charge in [-0.25, -0.2) is 29.5 Å². The Hall–Kier alpha value is -7.44. The minimum atomic E-state index is -4.53. The van der Waals surface area contributed by atoms with E-state index in [-0.39, 0.29) is 58.5 Å². The van der Waals surface area contributed by atoms with E-state index in [1.807, 2.05) is 0 Å². The number of hydrogen-bond acceptors (Lipinski definition) is 14. The summed E-state index contributed by atoms with van der Waals surface area (Å²) in [6, 6.07) is 6.97. The first-order chi connectivity index (χ1) is 33.4. The minimum Gasteiger partial charge on any atom is -0.465 e. The van der Waals surface area contributed by atoms with Crippen molar-refractivity contribution >= 4 is 83.9 Å². The SMILES string of the molecule is COC(=O)c1cn(COC(=O)C(C)(C)C)c2ncc(-c3nn(C)c4ccc(C(F)(F)F)cc34)nc12.COC(=O)c1cn(COC(=O)C(C)(C)C)c2ncc(Br)nc12.Cc1nn(C)c2ccc(C(F)(F)F)cc12. The molecule has 0 radical (unpaired) electrons. The van der Waals surface area contributed by atoms with Crippen molar-refractivity contribution in [3.05, 3.63) is 93.7 Å². The van der Waals surface area contributed by atoms with Crippen LogP contribution in [-0.4, -0.2) is 86.7 Å². The van der Waals surface area contributed by atoms with E-state index in [4.69, 9.17) is 18.9 Å². The molecule has 72 heavy (non-hydrogen) atoms. The Morgan fingerprint density at radius 1 is 0.625 bits per heavy atom. The number of benzene rings is 2. The van der Waals surface area contributed by atoms with Gasteiger partial charge >= 0.3 is 36.2 Å². The molecule has 382 valence electrons.